The Hall–Kier alpha value is -3.62. The van der Waals surface area contributed by atoms with Gasteiger partial charge in [-0.25, -0.2) is 0 Å². The van der Waals surface area contributed by atoms with Crippen LogP contribution in [-0.4, -0.2) is 86.7 Å². The number of carbonyl (C=O) groups excluding carboxylic acids is 3. The molecule has 2 N–H and O–H groups in total. The van der Waals surface area contributed by atoms with E-state index in [0.29, 0.717) is 37.3 Å². The molecule has 5 aliphatic rings. The van der Waals surface area contributed by atoms with Crippen molar-refractivity contribution in [3.8, 4) is 0 Å². The Balaban J connectivity index is 1.11. The average molecular weight is 819 g/mol. The van der Waals surface area contributed by atoms with Gasteiger partial charge in [0, 0.05) is 39.4 Å². The molecule has 13 heteroatoms. The molecule has 5 heterocycles. The Labute approximate surface area is 325 Å². The molecule has 0 bridgehead atoms. The number of carbonyl (C=O) groups is 3. The molecule has 5 aliphatic heterocycles. The molecule has 3 aromatic carbocycles. The molecule has 4 saturated heterocycles. The first-order valence-electron chi connectivity index (χ1n) is 19.2. The second kappa shape index (κ2) is 14.1. The number of halogens is 2. The van der Waals surface area contributed by atoms with E-state index in [0.717, 1.165) is 47.3 Å². The number of nitrogens with zero attached hydrogens (tertiary/aromatic N) is 4. The summed E-state index contributed by atoms with van der Waals surface area (Å²) in [5, 5.41) is 13.3. The van der Waals surface area contributed by atoms with Gasteiger partial charge >= 0.3 is 0 Å². The lowest BCUT2D eigenvalue weighted by Crippen LogP contribution is -2.55. The van der Waals surface area contributed by atoms with Crippen LogP contribution in [0.5, 0.6) is 0 Å². The maximum absolute atomic E-state index is 16.4. The number of nitrogens with one attached hydrogen (secondary N) is 1. The summed E-state index contributed by atoms with van der Waals surface area (Å²) < 4.78 is 24.1. The fourth-order valence-electron chi connectivity index (χ4n) is 10.2. The zero-order chi connectivity index (χ0) is 38.0. The fraction of sp³-hybridized carbons (Fsp3) is 0.488. The number of hydrogen-bond acceptors (Lipinski definition) is 7. The van der Waals surface area contributed by atoms with Gasteiger partial charge in [-0.3, -0.25) is 19.3 Å². The Morgan fingerprint density at radius 3 is 2.48 bits per heavy atom. The van der Waals surface area contributed by atoms with Gasteiger partial charge in [-0.05, 0) is 99.9 Å². The highest BCUT2D eigenvalue weighted by molar-refractivity contribution is 9.10. The van der Waals surface area contributed by atoms with E-state index in [9.17, 15) is 14.7 Å². The summed E-state index contributed by atoms with van der Waals surface area (Å²) in [4.78, 5) is 50.7. The summed E-state index contributed by atoms with van der Waals surface area (Å²) in [5.41, 5.74) is 1.24. The van der Waals surface area contributed by atoms with Gasteiger partial charge in [0.15, 0.2) is 5.60 Å². The summed E-state index contributed by atoms with van der Waals surface area (Å²) in [5.74, 6) is -0.916. The first kappa shape index (κ1) is 37.3. The summed E-state index contributed by atoms with van der Waals surface area (Å²) >= 11 is 3.62. The van der Waals surface area contributed by atoms with E-state index in [4.69, 9.17) is 4.74 Å². The van der Waals surface area contributed by atoms with Gasteiger partial charge in [-0.15, -0.1) is 0 Å². The number of benzene rings is 3. The van der Waals surface area contributed by atoms with Crippen molar-refractivity contribution in [3.05, 3.63) is 88.4 Å². The highest BCUT2D eigenvalue weighted by Gasteiger charge is 2.67. The Kier molecular flexibility index (Phi) is 9.77. The third kappa shape index (κ3) is 6.01. The number of likely N-dealkylation sites (tertiary alicyclic amines) is 1. The third-order valence-electron chi connectivity index (χ3n) is 12.7. The monoisotopic (exact) mass is 817 g/mol. The van der Waals surface area contributed by atoms with E-state index in [1.54, 1.807) is 22.9 Å². The van der Waals surface area contributed by atoms with Crippen LogP contribution < -0.4 is 20.0 Å². The molecule has 5 atom stereocenters. The van der Waals surface area contributed by atoms with Crippen LogP contribution in [0.1, 0.15) is 50.2 Å². The van der Waals surface area contributed by atoms with Crippen LogP contribution in [0.2, 0.25) is 18.6 Å². The number of fused-ring (bicyclic) bond motifs is 2. The van der Waals surface area contributed by atoms with E-state index >= 15 is 8.90 Å². The number of hydrogen-bond donors (Lipinski definition) is 2. The summed E-state index contributed by atoms with van der Waals surface area (Å²) in [6, 6.07) is 23.4. The zero-order valence-electron chi connectivity index (χ0n) is 31.1. The van der Waals surface area contributed by atoms with Crippen LogP contribution in [-0.2, 0) is 31.3 Å². The minimum absolute atomic E-state index is 0.0479. The van der Waals surface area contributed by atoms with Crippen molar-refractivity contribution < 1.29 is 28.3 Å². The Morgan fingerprint density at radius 2 is 1.76 bits per heavy atom. The van der Waals surface area contributed by atoms with Gasteiger partial charge in [0.1, 0.15) is 5.54 Å². The predicted molar refractivity (Wildman–Crippen MR) is 212 cm³/mol. The SMILES string of the molecule is C[C@@H]1[C@@H]([Si](C)(C)F)[C@H](CC(=O)N2CCC[C@H]2CO)O[C@@]12C(=O)N(Cc1cccc(N3CN(c4ccccc4)C4(CCNCC4)C3=O)c1)c1ccc(Br)cc12. The molecular formula is C41H49BrFN5O5Si. The van der Waals surface area contributed by atoms with Crippen molar-refractivity contribution >= 4 is 59.1 Å². The standard InChI is InChI=1S/C41H49BrFN5O5Si/c1-27-37(54(2,3)43)35(23-36(50)45-20-8-13-32(45)25-49)53-41(27)33-22-29(42)14-15-34(33)46(39(41)52)24-28-9-7-12-31(21-28)47-26-48(30-10-5-4-6-11-30)40(38(47)51)16-18-44-19-17-40/h4-7,9-12,14-15,21-22,27,32,35,37,44,49H,8,13,16-20,23-26H2,1-3H3/t27-,32+,35+,37-,41+/m1/s1. The second-order valence-electron chi connectivity index (χ2n) is 16.2. The van der Waals surface area contributed by atoms with Crippen molar-refractivity contribution in [2.24, 2.45) is 5.92 Å². The number of para-hydroxylation sites is 1. The maximum Gasteiger partial charge on any atom is 0.264 e. The number of aliphatic hydroxyl groups excluding tert-OH is 1. The van der Waals surface area contributed by atoms with Crippen LogP contribution in [0.25, 0.3) is 0 Å². The van der Waals surface area contributed by atoms with Crippen LogP contribution in [0.4, 0.5) is 21.2 Å². The largest absolute Gasteiger partial charge is 0.394 e. The van der Waals surface area contributed by atoms with Gasteiger partial charge in [-0.2, -0.15) is 0 Å². The number of piperidine rings is 1. The van der Waals surface area contributed by atoms with Crippen molar-refractivity contribution in [2.75, 3.05) is 47.6 Å². The molecule has 10 nitrogen and oxygen atoms in total. The Morgan fingerprint density at radius 1 is 1.02 bits per heavy atom. The van der Waals surface area contributed by atoms with Crippen molar-refractivity contribution in [1.29, 1.82) is 0 Å². The molecule has 0 unspecified atom stereocenters. The van der Waals surface area contributed by atoms with E-state index in [2.05, 4.69) is 38.3 Å². The van der Waals surface area contributed by atoms with Gasteiger partial charge in [-0.1, -0.05) is 53.2 Å². The lowest BCUT2D eigenvalue weighted by molar-refractivity contribution is -0.150. The molecule has 3 aromatic rings. The van der Waals surface area contributed by atoms with Crippen molar-refractivity contribution in [2.45, 2.75) is 87.5 Å². The normalized spacial score (nSPS) is 27.9. The summed E-state index contributed by atoms with van der Waals surface area (Å²) in [6.07, 6.45) is 2.10. The molecule has 3 amide bonds. The molecule has 286 valence electrons. The Bertz CT molecular complexity index is 1940. The van der Waals surface area contributed by atoms with Gasteiger partial charge in [0.2, 0.25) is 14.3 Å². The van der Waals surface area contributed by atoms with Gasteiger partial charge in [0.05, 0.1) is 44.1 Å². The molecule has 4 fully saturated rings. The highest BCUT2D eigenvalue weighted by atomic mass is 79.9. The quantitative estimate of drug-likeness (QED) is 0.210. The van der Waals surface area contributed by atoms with E-state index in [-0.39, 0.29) is 43.3 Å². The third-order valence-corrected chi connectivity index (χ3v) is 15.7. The smallest absolute Gasteiger partial charge is 0.264 e. The number of anilines is 3. The molecule has 54 heavy (non-hydrogen) atoms. The van der Waals surface area contributed by atoms with E-state index in [1.807, 2.05) is 72.5 Å². The lowest BCUT2D eigenvalue weighted by Gasteiger charge is -2.39. The number of rotatable bonds is 8. The maximum atomic E-state index is 16.4. The first-order chi connectivity index (χ1) is 25.9. The molecule has 2 spiro atoms. The minimum atomic E-state index is -3.49. The first-order valence-corrected chi connectivity index (χ1v) is 23.0. The molecule has 0 aromatic heterocycles. The summed E-state index contributed by atoms with van der Waals surface area (Å²) in [7, 11) is -3.49. The molecular weight excluding hydrogens is 769 g/mol. The zero-order valence-corrected chi connectivity index (χ0v) is 33.7. The van der Waals surface area contributed by atoms with Crippen LogP contribution >= 0.6 is 15.9 Å². The highest BCUT2D eigenvalue weighted by Crippen LogP contribution is 2.60. The van der Waals surface area contributed by atoms with Crippen LogP contribution in [0.3, 0.4) is 0 Å². The van der Waals surface area contributed by atoms with Gasteiger partial charge in [0.25, 0.3) is 11.8 Å². The van der Waals surface area contributed by atoms with E-state index < -0.39 is 37.1 Å². The fourth-order valence-corrected chi connectivity index (χ4v) is 13.0. The molecule has 0 radical (unpaired) electrons. The van der Waals surface area contributed by atoms with Crippen molar-refractivity contribution in [3.63, 3.8) is 0 Å². The number of aliphatic hydroxyl groups is 1. The predicted octanol–water partition coefficient (Wildman–Crippen LogP) is 6.08. The minimum Gasteiger partial charge on any atom is -0.394 e. The molecule has 0 aliphatic carbocycles. The molecule has 8 rings (SSSR count). The van der Waals surface area contributed by atoms with Crippen LogP contribution in [0.15, 0.2) is 77.3 Å². The van der Waals surface area contributed by atoms with Crippen molar-refractivity contribution in [1.82, 2.24) is 10.2 Å². The molecule has 0 saturated carbocycles. The van der Waals surface area contributed by atoms with E-state index in [1.165, 1.54) is 0 Å². The topological polar surface area (TPSA) is 106 Å². The number of amides is 3. The van der Waals surface area contributed by atoms with Gasteiger partial charge < -0.3 is 34.0 Å². The number of ether oxygens (including phenoxy) is 1. The average Bonchev–Trinajstić information content (AvgIpc) is 3.88. The lowest BCUT2D eigenvalue weighted by atomic mass is 9.82. The second-order valence-corrected chi connectivity index (χ2v) is 20.9. The van der Waals surface area contributed by atoms with Crippen LogP contribution in [0, 0.1) is 5.92 Å². The summed E-state index contributed by atoms with van der Waals surface area (Å²) in [6.45, 7) is 7.76.